The van der Waals surface area contributed by atoms with Crippen molar-refractivity contribution in [3.8, 4) is 0 Å². The number of thiazole rings is 1. The zero-order valence-electron chi connectivity index (χ0n) is 19.2. The summed E-state index contributed by atoms with van der Waals surface area (Å²) in [4.78, 5) is 30.6. The van der Waals surface area contributed by atoms with Crippen molar-refractivity contribution in [1.82, 2.24) is 14.5 Å². The molecular formula is C24H27N4O4S2+. The predicted octanol–water partition coefficient (Wildman–Crippen LogP) is 2.45. The highest BCUT2D eigenvalue weighted by Gasteiger charge is 2.59. The Balaban J connectivity index is 1.30. The molecular weight excluding hydrogens is 472 g/mol. The lowest BCUT2D eigenvalue weighted by atomic mass is 9.78. The Bertz CT molecular complexity index is 1310. The molecule has 4 atom stereocenters. The molecule has 2 aliphatic heterocycles. The molecule has 0 bridgehead atoms. The van der Waals surface area contributed by atoms with Crippen molar-refractivity contribution in [3.63, 3.8) is 0 Å². The number of aromatic nitrogens is 3. The van der Waals surface area contributed by atoms with E-state index < -0.39 is 18.0 Å². The van der Waals surface area contributed by atoms with E-state index in [0.717, 1.165) is 33.1 Å². The van der Waals surface area contributed by atoms with Crippen molar-refractivity contribution in [2.24, 2.45) is 18.9 Å². The van der Waals surface area contributed by atoms with Gasteiger partial charge in [0.15, 0.2) is 4.34 Å². The monoisotopic (exact) mass is 499 g/mol. The molecule has 1 saturated heterocycles. The Kier molecular flexibility index (Phi) is 5.99. The minimum absolute atomic E-state index is 0.0775. The highest BCUT2D eigenvalue weighted by Crippen LogP contribution is 2.48. The Hall–Kier alpha value is -2.69. The second-order valence-electron chi connectivity index (χ2n) is 9.07. The molecule has 0 saturated carbocycles. The third-order valence-corrected chi connectivity index (χ3v) is 9.01. The van der Waals surface area contributed by atoms with Crippen molar-refractivity contribution in [2.75, 3.05) is 5.75 Å². The molecule has 1 amide bonds. The molecule has 178 valence electrons. The Labute approximate surface area is 205 Å². The molecule has 2 aromatic heterocycles. The average Bonchev–Trinajstić information content (AvgIpc) is 3.44. The lowest BCUT2D eigenvalue weighted by Gasteiger charge is -2.46. The molecule has 10 heteroatoms. The van der Waals surface area contributed by atoms with Crippen LogP contribution in [0, 0.1) is 11.8 Å². The van der Waals surface area contributed by atoms with Crippen LogP contribution in [0.4, 0.5) is 0 Å². The third-order valence-electron chi connectivity index (χ3n) is 6.78. The number of aliphatic hydroxyl groups is 1. The molecule has 2 aliphatic rings. The number of hydrogen-bond donors (Lipinski definition) is 2. The number of hydrogen-bond acceptors (Lipinski definition) is 6. The third kappa shape index (κ3) is 3.93. The number of carboxylic acids is 1. The summed E-state index contributed by atoms with van der Waals surface area (Å²) in [7, 11) is 2.00. The van der Waals surface area contributed by atoms with Crippen LogP contribution in [0.2, 0.25) is 0 Å². The molecule has 1 fully saturated rings. The maximum absolute atomic E-state index is 12.5. The number of fused-ring (bicyclic) bond motifs is 2. The summed E-state index contributed by atoms with van der Waals surface area (Å²) in [6, 6.07) is 6.07. The summed E-state index contributed by atoms with van der Waals surface area (Å²) in [6.07, 6.45) is 6.25. The van der Waals surface area contributed by atoms with Crippen LogP contribution in [0.15, 0.2) is 52.5 Å². The number of imidazole rings is 1. The van der Waals surface area contributed by atoms with Crippen LogP contribution in [0.1, 0.15) is 19.4 Å². The van der Waals surface area contributed by atoms with Gasteiger partial charge in [-0.05, 0) is 30.2 Å². The second-order valence-corrected chi connectivity index (χ2v) is 11.3. The fraction of sp³-hybridized carbons (Fsp3) is 0.417. The highest BCUT2D eigenvalue weighted by atomic mass is 32.2. The summed E-state index contributed by atoms with van der Waals surface area (Å²) < 4.78 is 6.14. The predicted molar refractivity (Wildman–Crippen MR) is 129 cm³/mol. The normalized spacial score (nSPS) is 22.9. The Morgan fingerprint density at radius 3 is 2.85 bits per heavy atom. The summed E-state index contributed by atoms with van der Waals surface area (Å²) >= 11 is 3.10. The molecule has 8 nitrogen and oxygen atoms in total. The Morgan fingerprint density at radius 2 is 2.18 bits per heavy atom. The number of amides is 1. The van der Waals surface area contributed by atoms with Crippen LogP contribution in [-0.4, -0.2) is 54.4 Å². The van der Waals surface area contributed by atoms with Gasteiger partial charge >= 0.3 is 5.97 Å². The summed E-state index contributed by atoms with van der Waals surface area (Å²) in [5, 5.41) is 19.8. The van der Waals surface area contributed by atoms with E-state index in [-0.39, 0.29) is 23.6 Å². The molecule has 0 spiro atoms. The van der Waals surface area contributed by atoms with E-state index >= 15 is 0 Å². The van der Waals surface area contributed by atoms with E-state index in [1.165, 1.54) is 22.2 Å². The molecule has 3 unspecified atom stereocenters. The van der Waals surface area contributed by atoms with E-state index in [2.05, 4.69) is 35.3 Å². The SMILES string of the molecule is CC(O)C1C(=O)N2C(C(=O)O)=C(CSc3nc4cc(CCn5cc[n+](C)c5)ccc4s3)[C@H](C)C12. The van der Waals surface area contributed by atoms with Gasteiger partial charge in [0.2, 0.25) is 12.2 Å². The molecule has 2 N–H and O–H groups in total. The maximum atomic E-state index is 12.5. The van der Waals surface area contributed by atoms with E-state index in [0.29, 0.717) is 5.75 Å². The van der Waals surface area contributed by atoms with Crippen LogP contribution in [-0.2, 0) is 29.6 Å². The molecule has 3 aromatic rings. The second kappa shape index (κ2) is 8.83. The summed E-state index contributed by atoms with van der Waals surface area (Å²) in [5.41, 5.74) is 2.98. The minimum atomic E-state index is -1.09. The van der Waals surface area contributed by atoms with Gasteiger partial charge in [0, 0.05) is 18.1 Å². The number of carbonyl (C=O) groups excluding carboxylic acids is 1. The van der Waals surface area contributed by atoms with Gasteiger partial charge in [0.25, 0.3) is 0 Å². The molecule has 5 rings (SSSR count). The lowest BCUT2D eigenvalue weighted by molar-refractivity contribution is -0.671. The standard InChI is InChI=1S/C24H26N4O4S2/c1-13-16(21(23(31)32)28-20(13)19(14(2)29)22(28)30)11-33-24-25-17-10-15(4-5-18(17)34-24)6-7-27-9-8-26(3)12-27/h4-5,8-10,12-14,19-20,29H,6-7,11H2,1-3H3/p+1/t13-,14?,19?,20?/m0/s1. The number of carbonyl (C=O) groups is 2. The van der Waals surface area contributed by atoms with E-state index in [9.17, 15) is 19.8 Å². The number of aliphatic hydroxyl groups excluding tert-OH is 1. The number of aryl methyl sites for hydroxylation is 3. The van der Waals surface area contributed by atoms with Gasteiger partial charge in [-0.3, -0.25) is 4.79 Å². The fourth-order valence-corrected chi connectivity index (χ4v) is 7.24. The van der Waals surface area contributed by atoms with Gasteiger partial charge in [0.05, 0.1) is 41.9 Å². The quantitative estimate of drug-likeness (QED) is 0.281. The van der Waals surface area contributed by atoms with Gasteiger partial charge in [0.1, 0.15) is 18.1 Å². The van der Waals surface area contributed by atoms with Crippen LogP contribution < -0.4 is 4.57 Å². The largest absolute Gasteiger partial charge is 0.477 e. The van der Waals surface area contributed by atoms with E-state index in [1.54, 1.807) is 18.3 Å². The number of carboxylic acid groups (broad SMARTS) is 1. The number of benzene rings is 1. The number of β-lactam (4-membered cyclic amide) rings is 1. The van der Waals surface area contributed by atoms with E-state index in [4.69, 9.17) is 4.98 Å². The summed E-state index contributed by atoms with van der Waals surface area (Å²) in [6.45, 7) is 4.43. The molecule has 34 heavy (non-hydrogen) atoms. The number of thioether (sulfide) groups is 1. The van der Waals surface area contributed by atoms with Gasteiger partial charge in [-0.1, -0.05) is 24.8 Å². The highest BCUT2D eigenvalue weighted by molar-refractivity contribution is 8.01. The van der Waals surface area contributed by atoms with Crippen molar-refractivity contribution in [2.45, 2.75) is 43.3 Å². The van der Waals surface area contributed by atoms with Crippen LogP contribution >= 0.6 is 23.1 Å². The first-order chi connectivity index (χ1) is 16.2. The van der Waals surface area contributed by atoms with Crippen LogP contribution in [0.3, 0.4) is 0 Å². The number of rotatable bonds is 8. The van der Waals surface area contributed by atoms with Crippen LogP contribution in [0.5, 0.6) is 0 Å². The first-order valence-corrected chi connectivity index (χ1v) is 13.1. The van der Waals surface area contributed by atoms with Gasteiger partial charge in [-0.2, -0.15) is 0 Å². The Morgan fingerprint density at radius 1 is 1.38 bits per heavy atom. The molecule has 1 aromatic carbocycles. The maximum Gasteiger partial charge on any atom is 0.352 e. The zero-order chi connectivity index (χ0) is 24.1. The van der Waals surface area contributed by atoms with Crippen molar-refractivity contribution in [3.05, 3.63) is 53.8 Å². The van der Waals surface area contributed by atoms with Gasteiger partial charge < -0.3 is 15.1 Å². The minimum Gasteiger partial charge on any atom is -0.477 e. The topological polar surface area (TPSA) is 99.5 Å². The average molecular weight is 500 g/mol. The van der Waals surface area contributed by atoms with Gasteiger partial charge in [-0.25, -0.2) is 18.9 Å². The smallest absolute Gasteiger partial charge is 0.352 e. The van der Waals surface area contributed by atoms with Crippen molar-refractivity contribution in [1.29, 1.82) is 0 Å². The van der Waals surface area contributed by atoms with Crippen molar-refractivity contribution < 1.29 is 24.4 Å². The number of nitrogens with zero attached hydrogens (tertiary/aromatic N) is 4. The fourth-order valence-electron chi connectivity index (χ4n) is 5.04. The zero-order valence-corrected chi connectivity index (χ0v) is 20.8. The molecule has 0 aliphatic carbocycles. The summed E-state index contributed by atoms with van der Waals surface area (Å²) in [5.74, 6) is -1.60. The van der Waals surface area contributed by atoms with Crippen molar-refractivity contribution >= 4 is 45.2 Å². The molecule has 0 radical (unpaired) electrons. The molecule has 4 heterocycles. The van der Waals surface area contributed by atoms with Gasteiger partial charge in [-0.15, -0.1) is 11.3 Å². The first-order valence-electron chi connectivity index (χ1n) is 11.3. The lowest BCUT2D eigenvalue weighted by Crippen LogP contribution is -2.63. The van der Waals surface area contributed by atoms with E-state index in [1.807, 2.05) is 24.7 Å². The first kappa shape index (κ1) is 23.1. The number of aliphatic carboxylic acids is 1. The van der Waals surface area contributed by atoms with Crippen LogP contribution in [0.25, 0.3) is 10.2 Å².